The fraction of sp³-hybridized carbons (Fsp3) is 0.212. The first kappa shape index (κ1) is 34.2. The van der Waals surface area contributed by atoms with Crippen molar-refractivity contribution in [2.45, 2.75) is 37.2 Å². The number of hydrogen-bond donors (Lipinski definition) is 1. The molecule has 0 bridgehead atoms. The van der Waals surface area contributed by atoms with Gasteiger partial charge in [-0.05, 0) is 60.0 Å². The third-order valence-electron chi connectivity index (χ3n) is 6.96. The summed E-state index contributed by atoms with van der Waals surface area (Å²) >= 11 is 18.5. The summed E-state index contributed by atoms with van der Waals surface area (Å²) in [5.41, 5.74) is 1.34. The normalized spacial score (nSPS) is 11.9. The molecule has 0 heterocycles. The minimum absolute atomic E-state index is 0.0249. The molecule has 0 spiro atoms. The number of sulfonamides is 1. The summed E-state index contributed by atoms with van der Waals surface area (Å²) in [7, 11) is -4.35. The number of carbonyl (C=O) groups excluding carboxylic acids is 2. The van der Waals surface area contributed by atoms with Crippen molar-refractivity contribution in [2.24, 2.45) is 0 Å². The minimum atomic E-state index is -4.35. The summed E-state index contributed by atoms with van der Waals surface area (Å²) in [4.78, 5) is 29.3. The second-order valence-electron chi connectivity index (χ2n) is 10.2. The van der Waals surface area contributed by atoms with Crippen LogP contribution in [0.3, 0.4) is 0 Å². The Hall–Kier alpha value is -3.63. The fourth-order valence-corrected chi connectivity index (χ4v) is 6.57. The van der Waals surface area contributed by atoms with Crippen molar-refractivity contribution in [2.75, 3.05) is 17.4 Å². The predicted molar refractivity (Wildman–Crippen MR) is 177 cm³/mol. The molecule has 45 heavy (non-hydrogen) atoms. The lowest BCUT2D eigenvalue weighted by atomic mass is 10.0. The average Bonchev–Trinajstić information content (AvgIpc) is 3.04. The van der Waals surface area contributed by atoms with Gasteiger partial charge < -0.3 is 10.2 Å². The molecule has 236 valence electrons. The summed E-state index contributed by atoms with van der Waals surface area (Å²) < 4.78 is 42.9. The van der Waals surface area contributed by atoms with E-state index < -0.39 is 40.2 Å². The monoisotopic (exact) mass is 689 g/mol. The highest BCUT2D eigenvalue weighted by molar-refractivity contribution is 7.92. The molecule has 2 amide bonds. The van der Waals surface area contributed by atoms with Crippen LogP contribution in [0.2, 0.25) is 15.1 Å². The van der Waals surface area contributed by atoms with Crippen molar-refractivity contribution in [1.29, 1.82) is 0 Å². The van der Waals surface area contributed by atoms with Crippen LogP contribution in [-0.2, 0) is 32.6 Å². The molecule has 1 N–H and O–H groups in total. The van der Waals surface area contributed by atoms with Gasteiger partial charge in [0.2, 0.25) is 11.8 Å². The summed E-state index contributed by atoms with van der Waals surface area (Å²) in [6.45, 7) is 1.48. The maximum atomic E-state index is 14.4. The van der Waals surface area contributed by atoms with Gasteiger partial charge in [0.05, 0.1) is 25.7 Å². The average molecular weight is 691 g/mol. The van der Waals surface area contributed by atoms with E-state index in [4.69, 9.17) is 34.8 Å². The molecule has 0 aromatic heterocycles. The van der Waals surface area contributed by atoms with E-state index in [1.165, 1.54) is 23.1 Å². The van der Waals surface area contributed by atoms with Gasteiger partial charge >= 0.3 is 0 Å². The predicted octanol–water partition coefficient (Wildman–Crippen LogP) is 7.15. The summed E-state index contributed by atoms with van der Waals surface area (Å²) in [6, 6.07) is 23.9. The zero-order chi connectivity index (χ0) is 32.6. The molecular weight excluding hydrogens is 660 g/mol. The number of rotatable bonds is 13. The zero-order valence-corrected chi connectivity index (χ0v) is 27.4. The summed E-state index contributed by atoms with van der Waals surface area (Å²) in [5, 5.41) is 3.13. The minimum Gasteiger partial charge on any atom is -0.354 e. The Morgan fingerprint density at radius 2 is 1.49 bits per heavy atom. The third-order valence-corrected chi connectivity index (χ3v) is 9.78. The van der Waals surface area contributed by atoms with E-state index in [0.29, 0.717) is 23.6 Å². The second kappa shape index (κ2) is 15.6. The van der Waals surface area contributed by atoms with Gasteiger partial charge in [0.1, 0.15) is 18.4 Å². The maximum absolute atomic E-state index is 14.4. The van der Waals surface area contributed by atoms with Crippen LogP contribution in [0.1, 0.15) is 24.5 Å². The van der Waals surface area contributed by atoms with Gasteiger partial charge in [-0.2, -0.15) is 0 Å². The Morgan fingerprint density at radius 3 is 2.11 bits per heavy atom. The highest BCUT2D eigenvalue weighted by atomic mass is 35.5. The SMILES string of the molecule is CCCNC(=O)[C@H](Cc1ccccc1)N(Cc1ccc(Cl)c(Cl)c1)C(=O)CN(c1ccc(F)c(Cl)c1)S(=O)(=O)c1ccccc1. The first-order chi connectivity index (χ1) is 21.5. The van der Waals surface area contributed by atoms with Crippen LogP contribution in [0.5, 0.6) is 0 Å². The van der Waals surface area contributed by atoms with Gasteiger partial charge in [0.15, 0.2) is 0 Å². The smallest absolute Gasteiger partial charge is 0.264 e. The maximum Gasteiger partial charge on any atom is 0.264 e. The van der Waals surface area contributed by atoms with E-state index in [0.717, 1.165) is 22.0 Å². The number of amides is 2. The van der Waals surface area contributed by atoms with Gasteiger partial charge in [-0.25, -0.2) is 12.8 Å². The second-order valence-corrected chi connectivity index (χ2v) is 13.3. The lowest BCUT2D eigenvalue weighted by molar-refractivity contribution is -0.140. The van der Waals surface area contributed by atoms with Gasteiger partial charge in [0.25, 0.3) is 10.0 Å². The molecule has 0 unspecified atom stereocenters. The molecule has 1 atom stereocenters. The van der Waals surface area contributed by atoms with Crippen molar-refractivity contribution in [1.82, 2.24) is 10.2 Å². The van der Waals surface area contributed by atoms with Crippen molar-refractivity contribution >= 4 is 62.3 Å². The summed E-state index contributed by atoms with van der Waals surface area (Å²) in [5.74, 6) is -1.84. The number of carbonyl (C=O) groups is 2. The van der Waals surface area contributed by atoms with Gasteiger partial charge in [0, 0.05) is 19.5 Å². The highest BCUT2D eigenvalue weighted by Crippen LogP contribution is 2.29. The van der Waals surface area contributed by atoms with Crippen molar-refractivity contribution < 1.29 is 22.4 Å². The summed E-state index contributed by atoms with van der Waals surface area (Å²) in [6.07, 6.45) is 0.816. The van der Waals surface area contributed by atoms with E-state index in [1.807, 2.05) is 37.3 Å². The molecule has 7 nitrogen and oxygen atoms in total. The molecule has 12 heteroatoms. The number of benzene rings is 4. The quantitative estimate of drug-likeness (QED) is 0.162. The van der Waals surface area contributed by atoms with Gasteiger partial charge in [-0.3, -0.25) is 13.9 Å². The standard InChI is InChI=1S/C33H31Cl3FN3O4S/c1-2-17-38-33(42)31(19-23-9-5-3-6-10-23)39(21-24-13-15-27(34)28(35)18-24)32(41)22-40(25-14-16-30(37)29(36)20-25)45(43,44)26-11-7-4-8-12-26/h3-16,18,20,31H,2,17,19,21-22H2,1H3,(H,38,42)/t31-/m0/s1. The van der Waals surface area contributed by atoms with E-state index in [-0.39, 0.29) is 33.6 Å². The van der Waals surface area contributed by atoms with E-state index in [2.05, 4.69) is 5.32 Å². The number of nitrogens with zero attached hydrogens (tertiary/aromatic N) is 2. The first-order valence-electron chi connectivity index (χ1n) is 14.1. The lowest BCUT2D eigenvalue weighted by Gasteiger charge is -2.34. The molecule has 0 saturated heterocycles. The molecule has 4 aromatic rings. The molecule has 4 rings (SSSR count). The number of hydrogen-bond acceptors (Lipinski definition) is 4. The topological polar surface area (TPSA) is 86.8 Å². The number of anilines is 1. The molecular formula is C33H31Cl3FN3O4S. The fourth-order valence-electron chi connectivity index (χ4n) is 4.64. The molecule has 4 aromatic carbocycles. The van der Waals surface area contributed by atoms with E-state index in [1.54, 1.807) is 36.4 Å². The van der Waals surface area contributed by atoms with Crippen LogP contribution in [-0.4, -0.2) is 44.3 Å². The van der Waals surface area contributed by atoms with Crippen LogP contribution in [0.15, 0.2) is 102 Å². The number of halogens is 4. The van der Waals surface area contributed by atoms with E-state index >= 15 is 0 Å². The Kier molecular flexibility index (Phi) is 11.9. The molecule has 0 aliphatic carbocycles. The largest absolute Gasteiger partial charge is 0.354 e. The van der Waals surface area contributed by atoms with Crippen molar-refractivity contribution in [3.8, 4) is 0 Å². The van der Waals surface area contributed by atoms with Crippen molar-refractivity contribution in [3.05, 3.63) is 129 Å². The van der Waals surface area contributed by atoms with Crippen LogP contribution in [0, 0.1) is 5.82 Å². The first-order valence-corrected chi connectivity index (χ1v) is 16.7. The Bertz CT molecular complexity index is 1750. The Morgan fingerprint density at radius 1 is 0.822 bits per heavy atom. The number of nitrogens with one attached hydrogen (secondary N) is 1. The molecule has 0 radical (unpaired) electrons. The van der Waals surface area contributed by atoms with Crippen LogP contribution >= 0.6 is 34.8 Å². The molecule has 0 fully saturated rings. The Balaban J connectivity index is 1.82. The lowest BCUT2D eigenvalue weighted by Crippen LogP contribution is -2.53. The van der Waals surface area contributed by atoms with Crippen LogP contribution < -0.4 is 9.62 Å². The van der Waals surface area contributed by atoms with Crippen LogP contribution in [0.4, 0.5) is 10.1 Å². The third kappa shape index (κ3) is 8.76. The van der Waals surface area contributed by atoms with Crippen LogP contribution in [0.25, 0.3) is 0 Å². The molecule has 0 saturated carbocycles. The van der Waals surface area contributed by atoms with Crippen molar-refractivity contribution in [3.63, 3.8) is 0 Å². The van der Waals surface area contributed by atoms with Gasteiger partial charge in [-0.1, -0.05) is 96.3 Å². The van der Waals surface area contributed by atoms with Gasteiger partial charge in [-0.15, -0.1) is 0 Å². The highest BCUT2D eigenvalue weighted by Gasteiger charge is 2.34. The Labute approximate surface area is 277 Å². The zero-order valence-electron chi connectivity index (χ0n) is 24.3. The van der Waals surface area contributed by atoms with E-state index in [9.17, 15) is 22.4 Å². The molecule has 0 aliphatic rings. The molecule has 0 aliphatic heterocycles.